The van der Waals surface area contributed by atoms with Gasteiger partial charge in [-0.3, -0.25) is 0 Å². The molecule has 0 amide bonds. The number of ether oxygens (including phenoxy) is 1. The van der Waals surface area contributed by atoms with E-state index in [-0.39, 0.29) is 5.56 Å². The highest BCUT2D eigenvalue weighted by Crippen LogP contribution is 2.16. The molecule has 0 spiro atoms. The standard InChI is InChI=1S/C14H16N2O3/c1-10(2)16-9-15-7-12(16)8-19-13-5-3-4-11(6-13)14(17)18/h3-7,9-10H,8H2,1-2H3,(H,17,18). The summed E-state index contributed by atoms with van der Waals surface area (Å²) in [5, 5.41) is 8.91. The Balaban J connectivity index is 2.08. The fraction of sp³-hybridized carbons (Fsp3) is 0.286. The molecule has 0 aliphatic rings. The predicted molar refractivity (Wildman–Crippen MR) is 70.3 cm³/mol. The summed E-state index contributed by atoms with van der Waals surface area (Å²) in [6, 6.07) is 6.76. The molecule has 0 atom stereocenters. The van der Waals surface area contributed by atoms with Crippen LogP contribution >= 0.6 is 0 Å². The molecule has 0 aliphatic heterocycles. The van der Waals surface area contributed by atoms with E-state index < -0.39 is 5.97 Å². The summed E-state index contributed by atoms with van der Waals surface area (Å²) in [7, 11) is 0. The first kappa shape index (κ1) is 13.1. The van der Waals surface area contributed by atoms with Gasteiger partial charge in [0.15, 0.2) is 0 Å². The van der Waals surface area contributed by atoms with Gasteiger partial charge in [0.25, 0.3) is 0 Å². The van der Waals surface area contributed by atoms with Crippen molar-refractivity contribution in [2.75, 3.05) is 0 Å². The Morgan fingerprint density at radius 2 is 2.26 bits per heavy atom. The minimum atomic E-state index is -0.960. The molecule has 100 valence electrons. The van der Waals surface area contributed by atoms with Crippen molar-refractivity contribution in [3.05, 3.63) is 48.0 Å². The maximum atomic E-state index is 10.9. The van der Waals surface area contributed by atoms with Crippen molar-refractivity contribution in [1.29, 1.82) is 0 Å². The van der Waals surface area contributed by atoms with Gasteiger partial charge < -0.3 is 14.4 Å². The number of carbonyl (C=O) groups is 1. The van der Waals surface area contributed by atoms with Gasteiger partial charge in [0.2, 0.25) is 0 Å². The summed E-state index contributed by atoms with van der Waals surface area (Å²) in [4.78, 5) is 15.0. The highest BCUT2D eigenvalue weighted by atomic mass is 16.5. The van der Waals surface area contributed by atoms with Gasteiger partial charge in [-0.15, -0.1) is 0 Å². The molecular formula is C14H16N2O3. The summed E-state index contributed by atoms with van der Waals surface area (Å²) in [6.07, 6.45) is 3.51. The summed E-state index contributed by atoms with van der Waals surface area (Å²) < 4.78 is 7.62. The second-order valence-corrected chi connectivity index (χ2v) is 4.51. The summed E-state index contributed by atoms with van der Waals surface area (Å²) in [6.45, 7) is 4.49. The molecule has 1 N–H and O–H groups in total. The minimum absolute atomic E-state index is 0.217. The zero-order valence-corrected chi connectivity index (χ0v) is 10.9. The molecular weight excluding hydrogens is 244 g/mol. The lowest BCUT2D eigenvalue weighted by Gasteiger charge is -2.12. The Morgan fingerprint density at radius 1 is 1.47 bits per heavy atom. The third-order valence-electron chi connectivity index (χ3n) is 2.77. The monoisotopic (exact) mass is 260 g/mol. The number of rotatable bonds is 5. The van der Waals surface area contributed by atoms with E-state index in [1.807, 2.05) is 4.57 Å². The molecule has 0 unspecified atom stereocenters. The Morgan fingerprint density at radius 3 is 2.95 bits per heavy atom. The average Bonchev–Trinajstić information content (AvgIpc) is 2.85. The Labute approximate surface area is 111 Å². The fourth-order valence-electron chi connectivity index (χ4n) is 1.78. The van der Waals surface area contributed by atoms with Gasteiger partial charge >= 0.3 is 5.97 Å². The zero-order valence-electron chi connectivity index (χ0n) is 10.9. The number of hydrogen-bond acceptors (Lipinski definition) is 3. The summed E-state index contributed by atoms with van der Waals surface area (Å²) >= 11 is 0. The molecule has 1 aromatic carbocycles. The molecule has 0 radical (unpaired) electrons. The average molecular weight is 260 g/mol. The van der Waals surface area contributed by atoms with Gasteiger partial charge in [0, 0.05) is 6.04 Å². The van der Waals surface area contributed by atoms with Crippen molar-refractivity contribution < 1.29 is 14.6 Å². The van der Waals surface area contributed by atoms with Gasteiger partial charge in [-0.2, -0.15) is 0 Å². The number of imidazole rings is 1. The molecule has 0 fully saturated rings. The number of benzene rings is 1. The highest BCUT2D eigenvalue weighted by Gasteiger charge is 2.07. The van der Waals surface area contributed by atoms with E-state index in [1.54, 1.807) is 24.7 Å². The maximum Gasteiger partial charge on any atom is 0.335 e. The first-order valence-corrected chi connectivity index (χ1v) is 6.05. The first-order valence-electron chi connectivity index (χ1n) is 6.05. The van der Waals surface area contributed by atoms with Crippen LogP contribution in [-0.4, -0.2) is 20.6 Å². The topological polar surface area (TPSA) is 64.4 Å². The van der Waals surface area contributed by atoms with Gasteiger partial charge in [-0.1, -0.05) is 6.07 Å². The fourth-order valence-corrected chi connectivity index (χ4v) is 1.78. The number of hydrogen-bond donors (Lipinski definition) is 1. The highest BCUT2D eigenvalue weighted by molar-refractivity contribution is 5.87. The molecule has 19 heavy (non-hydrogen) atoms. The van der Waals surface area contributed by atoms with Crippen LogP contribution < -0.4 is 4.74 Å². The van der Waals surface area contributed by atoms with Gasteiger partial charge in [0.1, 0.15) is 12.4 Å². The van der Waals surface area contributed by atoms with Crippen LogP contribution in [0.25, 0.3) is 0 Å². The van der Waals surface area contributed by atoms with E-state index in [0.717, 1.165) is 5.69 Å². The molecule has 5 heteroatoms. The molecule has 2 rings (SSSR count). The van der Waals surface area contributed by atoms with Crippen LogP contribution in [0, 0.1) is 0 Å². The Kier molecular flexibility index (Phi) is 3.85. The molecule has 1 heterocycles. The van der Waals surface area contributed by atoms with Crippen LogP contribution in [-0.2, 0) is 6.61 Å². The lowest BCUT2D eigenvalue weighted by atomic mass is 10.2. The normalized spacial score (nSPS) is 10.7. The SMILES string of the molecule is CC(C)n1cncc1COc1cccc(C(=O)O)c1. The van der Waals surface area contributed by atoms with E-state index in [9.17, 15) is 4.79 Å². The number of carboxylic acid groups (broad SMARTS) is 1. The molecule has 5 nitrogen and oxygen atoms in total. The van der Waals surface area contributed by atoms with E-state index in [2.05, 4.69) is 18.8 Å². The van der Waals surface area contributed by atoms with Crippen LogP contribution in [0.15, 0.2) is 36.8 Å². The lowest BCUT2D eigenvalue weighted by molar-refractivity contribution is 0.0696. The number of carboxylic acids is 1. The van der Waals surface area contributed by atoms with E-state index in [0.29, 0.717) is 18.4 Å². The second-order valence-electron chi connectivity index (χ2n) is 4.51. The second kappa shape index (κ2) is 5.56. The van der Waals surface area contributed by atoms with Gasteiger partial charge in [-0.25, -0.2) is 9.78 Å². The first-order chi connectivity index (χ1) is 9.08. The summed E-state index contributed by atoms with van der Waals surface area (Å²) in [5.74, 6) is -0.422. The Hall–Kier alpha value is -2.30. The van der Waals surface area contributed by atoms with E-state index >= 15 is 0 Å². The van der Waals surface area contributed by atoms with Gasteiger partial charge in [-0.05, 0) is 32.0 Å². The molecule has 0 saturated carbocycles. The third kappa shape index (κ3) is 3.13. The molecule has 0 saturated heterocycles. The quantitative estimate of drug-likeness (QED) is 0.897. The largest absolute Gasteiger partial charge is 0.487 e. The molecule has 0 bridgehead atoms. The third-order valence-corrected chi connectivity index (χ3v) is 2.77. The molecule has 1 aromatic heterocycles. The number of aromatic carboxylic acids is 1. The van der Waals surface area contributed by atoms with Crippen molar-refractivity contribution in [3.8, 4) is 5.75 Å². The van der Waals surface area contributed by atoms with Crippen LogP contribution in [0.3, 0.4) is 0 Å². The Bertz CT molecular complexity index is 576. The van der Waals surface area contributed by atoms with Crippen LogP contribution in [0.2, 0.25) is 0 Å². The lowest BCUT2D eigenvalue weighted by Crippen LogP contribution is -2.07. The maximum absolute atomic E-state index is 10.9. The van der Waals surface area contributed by atoms with Crippen LogP contribution in [0.4, 0.5) is 0 Å². The minimum Gasteiger partial charge on any atom is -0.487 e. The molecule has 0 aliphatic carbocycles. The number of nitrogens with zero attached hydrogens (tertiary/aromatic N) is 2. The number of aromatic nitrogens is 2. The van der Waals surface area contributed by atoms with Crippen molar-refractivity contribution in [2.45, 2.75) is 26.5 Å². The van der Waals surface area contributed by atoms with E-state index in [4.69, 9.17) is 9.84 Å². The van der Waals surface area contributed by atoms with Crippen molar-refractivity contribution >= 4 is 5.97 Å². The van der Waals surface area contributed by atoms with Crippen molar-refractivity contribution in [3.63, 3.8) is 0 Å². The van der Waals surface area contributed by atoms with Crippen molar-refractivity contribution in [2.24, 2.45) is 0 Å². The molecule has 2 aromatic rings. The van der Waals surface area contributed by atoms with Crippen LogP contribution in [0.1, 0.15) is 35.9 Å². The summed E-state index contributed by atoms with van der Waals surface area (Å²) in [5.41, 5.74) is 1.17. The zero-order chi connectivity index (χ0) is 13.8. The smallest absolute Gasteiger partial charge is 0.335 e. The van der Waals surface area contributed by atoms with Gasteiger partial charge in [0.05, 0.1) is 23.8 Å². The predicted octanol–water partition coefficient (Wildman–Crippen LogP) is 2.74. The van der Waals surface area contributed by atoms with Crippen molar-refractivity contribution in [1.82, 2.24) is 9.55 Å². The van der Waals surface area contributed by atoms with Crippen LogP contribution in [0.5, 0.6) is 5.75 Å². The van der Waals surface area contributed by atoms with E-state index in [1.165, 1.54) is 12.1 Å².